The van der Waals surface area contributed by atoms with Crippen molar-refractivity contribution in [2.24, 2.45) is 0 Å². The van der Waals surface area contributed by atoms with Crippen LogP contribution in [0.4, 0.5) is 10.1 Å². The lowest BCUT2D eigenvalue weighted by molar-refractivity contribution is -0.126. The molecule has 0 bridgehead atoms. The lowest BCUT2D eigenvalue weighted by atomic mass is 9.89. The maximum atomic E-state index is 13.3. The highest BCUT2D eigenvalue weighted by atomic mass is 19.1. The number of anilines is 1. The van der Waals surface area contributed by atoms with E-state index in [9.17, 15) is 14.0 Å². The Morgan fingerprint density at radius 2 is 2.23 bits per heavy atom. The summed E-state index contributed by atoms with van der Waals surface area (Å²) >= 11 is 0. The predicted molar refractivity (Wildman–Crippen MR) is 84.1 cm³/mol. The second-order valence-corrected chi connectivity index (χ2v) is 5.94. The lowest BCUT2D eigenvalue weighted by Crippen LogP contribution is -2.39. The summed E-state index contributed by atoms with van der Waals surface area (Å²) in [5.74, 6) is -1.38. The number of hydrogen-bond acceptors (Lipinski definition) is 2. The van der Waals surface area contributed by atoms with Gasteiger partial charge in [0.25, 0.3) is 0 Å². The summed E-state index contributed by atoms with van der Waals surface area (Å²) in [6.07, 6.45) is 4.39. The van der Waals surface area contributed by atoms with Gasteiger partial charge < -0.3 is 10.6 Å². The summed E-state index contributed by atoms with van der Waals surface area (Å²) in [6.45, 7) is 4.11. The van der Waals surface area contributed by atoms with Gasteiger partial charge in [0.1, 0.15) is 5.82 Å². The van der Waals surface area contributed by atoms with E-state index in [2.05, 4.69) is 17.6 Å². The zero-order valence-electron chi connectivity index (χ0n) is 13.1. The second kappa shape index (κ2) is 7.38. The van der Waals surface area contributed by atoms with Gasteiger partial charge in [0.05, 0.1) is 5.92 Å². The first-order valence-corrected chi connectivity index (χ1v) is 7.91. The van der Waals surface area contributed by atoms with Crippen molar-refractivity contribution >= 4 is 17.5 Å². The first-order valence-electron chi connectivity index (χ1n) is 7.91. The number of unbranched alkanes of at least 4 members (excludes halogenated alkanes) is 2. The summed E-state index contributed by atoms with van der Waals surface area (Å²) in [5, 5.41) is 5.59. The van der Waals surface area contributed by atoms with Crippen LogP contribution in [0.15, 0.2) is 18.2 Å². The predicted octanol–water partition coefficient (Wildman–Crippen LogP) is 3.34. The van der Waals surface area contributed by atoms with Crippen LogP contribution in [0.25, 0.3) is 0 Å². The number of carbonyl (C=O) groups excluding carboxylic acids is 2. The monoisotopic (exact) mass is 306 g/mol. The van der Waals surface area contributed by atoms with Gasteiger partial charge in [-0.2, -0.15) is 0 Å². The van der Waals surface area contributed by atoms with E-state index in [0.29, 0.717) is 11.3 Å². The van der Waals surface area contributed by atoms with E-state index in [-0.39, 0.29) is 24.3 Å². The van der Waals surface area contributed by atoms with Gasteiger partial charge in [0.15, 0.2) is 0 Å². The smallest absolute Gasteiger partial charge is 0.228 e. The molecule has 2 atom stereocenters. The zero-order valence-corrected chi connectivity index (χ0v) is 13.1. The van der Waals surface area contributed by atoms with Gasteiger partial charge in [-0.3, -0.25) is 9.59 Å². The number of nitrogens with one attached hydrogen (secondary N) is 2. The Labute approximate surface area is 130 Å². The first kappa shape index (κ1) is 16.5. The maximum absolute atomic E-state index is 13.3. The van der Waals surface area contributed by atoms with Gasteiger partial charge in [0, 0.05) is 18.2 Å². The Morgan fingerprint density at radius 3 is 2.95 bits per heavy atom. The van der Waals surface area contributed by atoms with Crippen LogP contribution in [0.3, 0.4) is 0 Å². The molecule has 120 valence electrons. The minimum atomic E-state index is -0.544. The van der Waals surface area contributed by atoms with Crippen LogP contribution in [0.5, 0.6) is 0 Å². The SMILES string of the molecule is CCCCC[C@@H](C)NC(=O)[C@@H]1CC(=O)Nc2cc(F)ccc21. The molecular weight excluding hydrogens is 283 g/mol. The van der Waals surface area contributed by atoms with Crippen LogP contribution >= 0.6 is 0 Å². The average Bonchev–Trinajstić information content (AvgIpc) is 2.46. The number of halogens is 1. The van der Waals surface area contributed by atoms with Crippen molar-refractivity contribution < 1.29 is 14.0 Å². The molecule has 4 nitrogen and oxygen atoms in total. The number of benzene rings is 1. The van der Waals surface area contributed by atoms with E-state index in [1.54, 1.807) is 6.07 Å². The van der Waals surface area contributed by atoms with Crippen molar-refractivity contribution in [3.05, 3.63) is 29.6 Å². The summed E-state index contributed by atoms with van der Waals surface area (Å²) in [4.78, 5) is 24.2. The molecule has 0 saturated heterocycles. The van der Waals surface area contributed by atoms with Crippen molar-refractivity contribution in [1.29, 1.82) is 0 Å². The van der Waals surface area contributed by atoms with Crippen LogP contribution in [0.2, 0.25) is 0 Å². The highest BCUT2D eigenvalue weighted by molar-refractivity contribution is 6.01. The van der Waals surface area contributed by atoms with Crippen molar-refractivity contribution in [2.45, 2.75) is 57.9 Å². The van der Waals surface area contributed by atoms with E-state index in [0.717, 1.165) is 25.7 Å². The number of rotatable bonds is 6. The molecule has 22 heavy (non-hydrogen) atoms. The molecule has 2 N–H and O–H groups in total. The van der Waals surface area contributed by atoms with Crippen LogP contribution < -0.4 is 10.6 Å². The standard InChI is InChI=1S/C17H23FN2O2/c1-3-4-5-6-11(2)19-17(22)14-10-16(21)20-15-9-12(18)7-8-13(14)15/h7-9,11,14H,3-6,10H2,1-2H3,(H,19,22)(H,20,21)/t11-,14-/m1/s1. The summed E-state index contributed by atoms with van der Waals surface area (Å²) in [5.41, 5.74) is 1.08. The van der Waals surface area contributed by atoms with E-state index < -0.39 is 11.7 Å². The van der Waals surface area contributed by atoms with Crippen molar-refractivity contribution in [3.63, 3.8) is 0 Å². The fraction of sp³-hybridized carbons (Fsp3) is 0.529. The minimum Gasteiger partial charge on any atom is -0.353 e. The van der Waals surface area contributed by atoms with Gasteiger partial charge in [-0.25, -0.2) is 4.39 Å². The van der Waals surface area contributed by atoms with E-state index in [4.69, 9.17) is 0 Å². The molecule has 0 aliphatic carbocycles. The molecule has 1 aromatic carbocycles. The molecule has 1 aromatic rings. The Hall–Kier alpha value is -1.91. The van der Waals surface area contributed by atoms with Gasteiger partial charge in [0.2, 0.25) is 11.8 Å². The molecule has 1 aliphatic heterocycles. The average molecular weight is 306 g/mol. The second-order valence-electron chi connectivity index (χ2n) is 5.94. The van der Waals surface area contributed by atoms with Crippen molar-refractivity contribution in [2.75, 3.05) is 5.32 Å². The Bertz CT molecular complexity index is 560. The summed E-state index contributed by atoms with van der Waals surface area (Å²) in [7, 11) is 0. The Balaban J connectivity index is 2.05. The molecule has 0 unspecified atom stereocenters. The number of fused-ring (bicyclic) bond motifs is 1. The van der Waals surface area contributed by atoms with Crippen LogP contribution in [-0.4, -0.2) is 17.9 Å². The third-order valence-corrected chi connectivity index (χ3v) is 4.00. The topological polar surface area (TPSA) is 58.2 Å². The number of amides is 2. The van der Waals surface area contributed by atoms with Gasteiger partial charge >= 0.3 is 0 Å². The molecule has 1 aliphatic rings. The molecule has 2 rings (SSSR count). The van der Waals surface area contributed by atoms with Crippen LogP contribution in [0, 0.1) is 5.82 Å². The Morgan fingerprint density at radius 1 is 1.45 bits per heavy atom. The molecule has 0 radical (unpaired) electrons. The molecule has 0 fully saturated rings. The van der Waals surface area contributed by atoms with Gasteiger partial charge in [-0.1, -0.05) is 32.3 Å². The van der Waals surface area contributed by atoms with E-state index in [1.807, 2.05) is 6.92 Å². The lowest BCUT2D eigenvalue weighted by Gasteiger charge is -2.26. The van der Waals surface area contributed by atoms with E-state index in [1.165, 1.54) is 12.1 Å². The molecule has 0 aromatic heterocycles. The third-order valence-electron chi connectivity index (χ3n) is 4.00. The largest absolute Gasteiger partial charge is 0.353 e. The fourth-order valence-electron chi connectivity index (χ4n) is 2.79. The normalized spacial score (nSPS) is 18.3. The first-order chi connectivity index (χ1) is 10.5. The van der Waals surface area contributed by atoms with Gasteiger partial charge in [-0.05, 0) is 31.0 Å². The summed E-state index contributed by atoms with van der Waals surface area (Å²) in [6, 6.07) is 4.24. The fourth-order valence-corrected chi connectivity index (χ4v) is 2.79. The zero-order chi connectivity index (χ0) is 16.1. The highest BCUT2D eigenvalue weighted by Crippen LogP contribution is 2.32. The number of hydrogen-bond donors (Lipinski definition) is 2. The van der Waals surface area contributed by atoms with Crippen LogP contribution in [-0.2, 0) is 9.59 Å². The minimum absolute atomic E-state index is 0.0768. The van der Waals surface area contributed by atoms with Gasteiger partial charge in [-0.15, -0.1) is 0 Å². The van der Waals surface area contributed by atoms with Crippen molar-refractivity contribution in [3.8, 4) is 0 Å². The number of carbonyl (C=O) groups is 2. The quantitative estimate of drug-likeness (QED) is 0.792. The molecular formula is C17H23FN2O2. The van der Waals surface area contributed by atoms with E-state index >= 15 is 0 Å². The Kier molecular flexibility index (Phi) is 5.52. The maximum Gasteiger partial charge on any atom is 0.228 e. The molecule has 5 heteroatoms. The van der Waals surface area contributed by atoms with Crippen LogP contribution in [0.1, 0.15) is 57.4 Å². The van der Waals surface area contributed by atoms with Crippen molar-refractivity contribution in [1.82, 2.24) is 5.32 Å². The molecule has 0 saturated carbocycles. The molecule has 2 amide bonds. The third kappa shape index (κ3) is 4.06. The molecule has 0 spiro atoms. The molecule has 1 heterocycles. The summed E-state index contributed by atoms with van der Waals surface area (Å²) < 4.78 is 13.3. The highest BCUT2D eigenvalue weighted by Gasteiger charge is 2.31.